The SMILES string of the molecule is C1=CC2OC3C=CC(C4=CCCC=C4)=CC3C3(C4=CCCC=C4OC4C=CC(c5cccc6c5c5c(n6C6=CCCC=C6)C=CCC5)=CC43)C2C=C1. The van der Waals surface area contributed by atoms with Crippen LogP contribution in [-0.2, 0) is 15.9 Å². The molecule has 1 aromatic carbocycles. The third kappa shape index (κ3) is 4.48. The highest BCUT2D eigenvalue weighted by molar-refractivity contribution is 6.02. The zero-order valence-electron chi connectivity index (χ0n) is 29.7. The maximum Gasteiger partial charge on any atom is 0.124 e. The molecule has 7 unspecified atom stereocenters. The maximum absolute atomic E-state index is 7.06. The number of ether oxygens (including phenoxy) is 2. The molecule has 0 saturated carbocycles. The fourth-order valence-corrected chi connectivity index (χ4v) is 11.0. The van der Waals surface area contributed by atoms with Gasteiger partial charge in [0.05, 0.1) is 17.7 Å². The topological polar surface area (TPSA) is 23.4 Å². The van der Waals surface area contributed by atoms with Crippen LogP contribution in [0.4, 0.5) is 0 Å². The van der Waals surface area contributed by atoms with E-state index in [1.165, 1.54) is 55.7 Å². The monoisotopic (exact) mass is 679 g/mol. The molecule has 2 saturated heterocycles. The first-order chi connectivity index (χ1) is 25.8. The Balaban J connectivity index is 1.13. The van der Waals surface area contributed by atoms with Crippen molar-refractivity contribution in [3.63, 3.8) is 0 Å². The quantitative estimate of drug-likeness (QED) is 0.322. The lowest BCUT2D eigenvalue weighted by atomic mass is 9.47. The van der Waals surface area contributed by atoms with E-state index >= 15 is 0 Å². The van der Waals surface area contributed by atoms with E-state index in [0.29, 0.717) is 0 Å². The van der Waals surface area contributed by atoms with Crippen molar-refractivity contribution in [1.29, 1.82) is 0 Å². The average molecular weight is 680 g/mol. The summed E-state index contributed by atoms with van der Waals surface area (Å²) in [5, 5.41) is 1.40. The molecule has 3 heterocycles. The minimum Gasteiger partial charge on any atom is -0.486 e. The van der Waals surface area contributed by atoms with Crippen LogP contribution >= 0.6 is 0 Å². The molecule has 2 aromatic rings. The van der Waals surface area contributed by atoms with Crippen molar-refractivity contribution in [3.8, 4) is 0 Å². The lowest BCUT2D eigenvalue weighted by molar-refractivity contribution is -0.150. The van der Waals surface area contributed by atoms with E-state index in [0.717, 1.165) is 57.1 Å². The molecule has 0 amide bonds. The zero-order valence-corrected chi connectivity index (χ0v) is 29.7. The molecule has 3 heteroatoms. The van der Waals surface area contributed by atoms with Crippen molar-refractivity contribution in [3.05, 3.63) is 173 Å². The number of nitrogens with zero attached hydrogens (tertiary/aromatic N) is 1. The minimum atomic E-state index is -0.255. The third-order valence-corrected chi connectivity index (χ3v) is 13.1. The van der Waals surface area contributed by atoms with Crippen LogP contribution in [0, 0.1) is 23.2 Å². The number of rotatable bonds is 3. The number of hydrogen-bond acceptors (Lipinski definition) is 2. The van der Waals surface area contributed by atoms with E-state index in [2.05, 4.69) is 144 Å². The maximum atomic E-state index is 7.06. The van der Waals surface area contributed by atoms with E-state index in [-0.39, 0.29) is 41.5 Å². The van der Waals surface area contributed by atoms with Crippen LogP contribution in [0.25, 0.3) is 28.2 Å². The van der Waals surface area contributed by atoms with Gasteiger partial charge in [-0.25, -0.2) is 0 Å². The number of fused-ring (bicyclic) bond motifs is 11. The van der Waals surface area contributed by atoms with Crippen molar-refractivity contribution >= 4 is 28.2 Å². The fourth-order valence-electron chi connectivity index (χ4n) is 11.0. The summed E-state index contributed by atoms with van der Waals surface area (Å²) in [5.41, 5.74) is 11.9. The molecule has 0 bridgehead atoms. The van der Waals surface area contributed by atoms with Gasteiger partial charge in [0.25, 0.3) is 0 Å². The Bertz CT molecular complexity index is 2300. The van der Waals surface area contributed by atoms with Crippen molar-refractivity contribution in [2.45, 2.75) is 69.7 Å². The normalized spacial score (nSPS) is 33.5. The van der Waals surface area contributed by atoms with Crippen LogP contribution in [-0.4, -0.2) is 22.9 Å². The van der Waals surface area contributed by atoms with Gasteiger partial charge < -0.3 is 14.0 Å². The van der Waals surface area contributed by atoms with Gasteiger partial charge in [0.15, 0.2) is 0 Å². The Kier molecular flexibility index (Phi) is 7.15. The molecule has 7 aliphatic carbocycles. The first-order valence-electron chi connectivity index (χ1n) is 19.7. The van der Waals surface area contributed by atoms with Crippen LogP contribution in [0.5, 0.6) is 0 Å². The number of hydrogen-bond donors (Lipinski definition) is 0. The van der Waals surface area contributed by atoms with Crippen molar-refractivity contribution in [2.75, 3.05) is 0 Å². The predicted octanol–water partition coefficient (Wildman–Crippen LogP) is 11.2. The summed E-state index contributed by atoms with van der Waals surface area (Å²) in [6, 6.07) is 6.98. The standard InChI is InChI=1S/C49H45NO2/c1-3-14-32(15-4-1)33-26-28-46-40(30-33)49(38-20-8-11-24-44(38)51-46)39-21-9-12-25-45(39)52-47-29-27-34(31-41(47)49)36-19-13-23-43-48(36)37-18-7-10-22-42(37)50(43)35-16-5-2-6-17-35/h3,5,8,10-11,13-17,19-31,38,40-41,44,46-47H,1-2,4,6-7,9,12,18H2. The third-order valence-electron chi connectivity index (χ3n) is 13.1. The van der Waals surface area contributed by atoms with Gasteiger partial charge in [-0.15, -0.1) is 0 Å². The first-order valence-corrected chi connectivity index (χ1v) is 19.7. The summed E-state index contributed by atoms with van der Waals surface area (Å²) in [6.45, 7) is 0. The Morgan fingerprint density at radius 3 is 2.29 bits per heavy atom. The van der Waals surface area contributed by atoms with E-state index in [1.54, 1.807) is 0 Å². The summed E-state index contributed by atoms with van der Waals surface area (Å²) in [7, 11) is 0. The van der Waals surface area contributed by atoms with Crippen molar-refractivity contribution in [1.82, 2.24) is 4.57 Å². The van der Waals surface area contributed by atoms with E-state index in [1.807, 2.05) is 0 Å². The summed E-state index contributed by atoms with van der Waals surface area (Å²) in [6.07, 6.45) is 56.2. The predicted molar refractivity (Wildman–Crippen MR) is 213 cm³/mol. The van der Waals surface area contributed by atoms with Gasteiger partial charge in [0.1, 0.15) is 11.9 Å². The number of allylic oxidation sites excluding steroid dienone is 18. The van der Waals surface area contributed by atoms with Crippen LogP contribution in [0.1, 0.15) is 61.8 Å². The van der Waals surface area contributed by atoms with Gasteiger partial charge in [0, 0.05) is 39.9 Å². The van der Waals surface area contributed by atoms with Gasteiger partial charge in [-0.2, -0.15) is 0 Å². The molecule has 7 atom stereocenters. The molecule has 1 spiro atoms. The highest BCUT2D eigenvalue weighted by Crippen LogP contribution is 2.65. The van der Waals surface area contributed by atoms with E-state index < -0.39 is 0 Å². The van der Waals surface area contributed by atoms with Gasteiger partial charge in [0.2, 0.25) is 0 Å². The number of aryl methyl sites for hydroxylation is 1. The molecule has 52 heavy (non-hydrogen) atoms. The Morgan fingerprint density at radius 1 is 0.615 bits per heavy atom. The second-order valence-electron chi connectivity index (χ2n) is 15.7. The summed E-state index contributed by atoms with van der Waals surface area (Å²) in [5.74, 6) is 1.53. The molecular formula is C49H45NO2. The lowest BCUT2D eigenvalue weighted by Crippen LogP contribution is -2.62. The van der Waals surface area contributed by atoms with Crippen LogP contribution < -0.4 is 0 Å². The molecule has 2 fully saturated rings. The second-order valence-corrected chi connectivity index (χ2v) is 15.7. The molecule has 258 valence electrons. The van der Waals surface area contributed by atoms with Gasteiger partial charge in [-0.3, -0.25) is 0 Å². The minimum absolute atomic E-state index is 0.00156. The smallest absolute Gasteiger partial charge is 0.124 e. The number of benzene rings is 1. The van der Waals surface area contributed by atoms with Crippen molar-refractivity contribution < 1.29 is 9.47 Å². The van der Waals surface area contributed by atoms with Gasteiger partial charge >= 0.3 is 0 Å². The zero-order chi connectivity index (χ0) is 34.2. The van der Waals surface area contributed by atoms with Gasteiger partial charge in [-0.1, -0.05) is 109 Å². The summed E-state index contributed by atoms with van der Waals surface area (Å²) >= 11 is 0. The number of aromatic nitrogens is 1. The van der Waals surface area contributed by atoms with Crippen LogP contribution in [0.15, 0.2) is 156 Å². The molecule has 11 rings (SSSR count). The van der Waals surface area contributed by atoms with Crippen LogP contribution in [0.2, 0.25) is 0 Å². The van der Waals surface area contributed by atoms with E-state index in [4.69, 9.17) is 9.47 Å². The molecular weight excluding hydrogens is 635 g/mol. The average Bonchev–Trinajstić information content (AvgIpc) is 3.56. The second kappa shape index (κ2) is 12.1. The summed E-state index contributed by atoms with van der Waals surface area (Å²) < 4.78 is 16.6. The van der Waals surface area contributed by atoms with Crippen molar-refractivity contribution in [2.24, 2.45) is 23.2 Å². The Hall–Kier alpha value is -4.86. The Labute approximate surface area is 307 Å². The molecule has 0 N–H and O–H groups in total. The molecule has 3 nitrogen and oxygen atoms in total. The van der Waals surface area contributed by atoms with Gasteiger partial charge in [-0.05, 0) is 115 Å². The highest BCUT2D eigenvalue weighted by Gasteiger charge is 2.64. The molecule has 9 aliphatic rings. The molecule has 1 aromatic heterocycles. The fraction of sp³-hybridized carbons (Fsp3) is 0.306. The lowest BCUT2D eigenvalue weighted by Gasteiger charge is -2.62. The Morgan fingerprint density at radius 2 is 1.38 bits per heavy atom. The molecule has 2 aliphatic heterocycles. The summed E-state index contributed by atoms with van der Waals surface area (Å²) in [4.78, 5) is 0. The highest BCUT2D eigenvalue weighted by atomic mass is 16.5. The van der Waals surface area contributed by atoms with E-state index in [9.17, 15) is 0 Å². The largest absolute Gasteiger partial charge is 0.486 e. The first kappa shape index (κ1) is 30.7. The van der Waals surface area contributed by atoms with Crippen LogP contribution in [0.3, 0.4) is 0 Å². The molecule has 0 radical (unpaired) electrons.